The number of halogens is 3. The van der Waals surface area contributed by atoms with Crippen LogP contribution in [0.1, 0.15) is 13.8 Å². The van der Waals surface area contributed by atoms with E-state index in [0.717, 1.165) is 11.3 Å². The van der Waals surface area contributed by atoms with Crippen molar-refractivity contribution in [1.29, 1.82) is 0 Å². The highest BCUT2D eigenvalue weighted by atomic mass is 19.4. The summed E-state index contributed by atoms with van der Waals surface area (Å²) in [5.74, 6) is 5.28. The van der Waals surface area contributed by atoms with Crippen molar-refractivity contribution in [3.63, 3.8) is 0 Å². The number of alkyl halides is 3. The van der Waals surface area contributed by atoms with E-state index in [1.54, 1.807) is 13.8 Å². The van der Waals surface area contributed by atoms with Crippen molar-refractivity contribution in [2.24, 2.45) is 10.8 Å². The van der Waals surface area contributed by atoms with Crippen LogP contribution in [0.15, 0.2) is 17.3 Å². The molecule has 0 spiro atoms. The zero-order chi connectivity index (χ0) is 10.6. The first kappa shape index (κ1) is 12.0. The van der Waals surface area contributed by atoms with Crippen LogP contribution in [0.2, 0.25) is 0 Å². The minimum atomic E-state index is -4.49. The van der Waals surface area contributed by atoms with Gasteiger partial charge in [0.15, 0.2) is 0 Å². The van der Waals surface area contributed by atoms with Crippen LogP contribution >= 0.6 is 0 Å². The summed E-state index contributed by atoms with van der Waals surface area (Å²) in [5, 5.41) is 1.07. The molecule has 0 bridgehead atoms. The van der Waals surface area contributed by atoms with Crippen molar-refractivity contribution < 1.29 is 13.2 Å². The summed E-state index contributed by atoms with van der Waals surface area (Å²) in [5.41, 5.74) is -1.16. The Hall–Kier alpha value is -1.04. The van der Waals surface area contributed by atoms with Crippen molar-refractivity contribution in [2.75, 3.05) is 0 Å². The van der Waals surface area contributed by atoms with E-state index in [-0.39, 0.29) is 6.04 Å². The molecule has 0 rings (SSSR count). The lowest BCUT2D eigenvalue weighted by molar-refractivity contribution is -0.0919. The average molecular weight is 195 g/mol. The number of nitrogens with two attached hydrogens (primary N) is 1. The van der Waals surface area contributed by atoms with Crippen molar-refractivity contribution in [3.05, 3.63) is 12.3 Å². The van der Waals surface area contributed by atoms with Crippen molar-refractivity contribution >= 4 is 6.34 Å². The third-order valence-corrected chi connectivity index (χ3v) is 1.27. The van der Waals surface area contributed by atoms with E-state index in [4.69, 9.17) is 5.84 Å². The standard InChI is InChI=1S/C7H12F3N3/c1-5(2)13(11)4-12-6(3)7(8,9)10/h4-5H,3,11H2,1-2H3. The number of hydrogen-bond acceptors (Lipinski definition) is 2. The van der Waals surface area contributed by atoms with Gasteiger partial charge in [0.25, 0.3) is 0 Å². The number of nitrogens with zero attached hydrogens (tertiary/aromatic N) is 2. The van der Waals surface area contributed by atoms with Gasteiger partial charge in [0.1, 0.15) is 12.0 Å². The Morgan fingerprint density at radius 3 is 2.31 bits per heavy atom. The molecule has 0 radical (unpaired) electrons. The van der Waals surface area contributed by atoms with E-state index < -0.39 is 11.9 Å². The van der Waals surface area contributed by atoms with Crippen LogP contribution in [0.4, 0.5) is 13.2 Å². The van der Waals surface area contributed by atoms with Crippen LogP contribution in [-0.4, -0.2) is 23.6 Å². The topological polar surface area (TPSA) is 41.6 Å². The predicted octanol–water partition coefficient (Wildman–Crippen LogP) is 1.67. The van der Waals surface area contributed by atoms with Crippen molar-refractivity contribution in [1.82, 2.24) is 5.01 Å². The lowest BCUT2D eigenvalue weighted by Crippen LogP contribution is -2.36. The molecule has 0 aliphatic carbocycles. The quantitative estimate of drug-likeness (QED) is 0.322. The van der Waals surface area contributed by atoms with Crippen molar-refractivity contribution in [3.8, 4) is 0 Å². The Morgan fingerprint density at radius 1 is 1.54 bits per heavy atom. The van der Waals surface area contributed by atoms with Crippen LogP contribution in [0.3, 0.4) is 0 Å². The molecule has 0 aromatic rings. The highest BCUT2D eigenvalue weighted by Gasteiger charge is 2.31. The molecule has 0 saturated heterocycles. The monoisotopic (exact) mass is 195 g/mol. The van der Waals surface area contributed by atoms with Gasteiger partial charge in [-0.15, -0.1) is 0 Å². The molecule has 0 fully saturated rings. The van der Waals surface area contributed by atoms with E-state index in [2.05, 4.69) is 11.6 Å². The second kappa shape index (κ2) is 4.27. The van der Waals surface area contributed by atoms with Gasteiger partial charge in [-0.05, 0) is 13.8 Å². The molecule has 0 saturated carbocycles. The molecule has 0 unspecified atom stereocenters. The molecular formula is C7H12F3N3. The van der Waals surface area contributed by atoms with Crippen LogP contribution in [0.5, 0.6) is 0 Å². The second-order valence-electron chi connectivity index (χ2n) is 2.73. The van der Waals surface area contributed by atoms with Crippen LogP contribution < -0.4 is 5.84 Å². The molecule has 13 heavy (non-hydrogen) atoms. The number of allylic oxidation sites excluding steroid dienone is 1. The van der Waals surface area contributed by atoms with Gasteiger partial charge >= 0.3 is 6.18 Å². The van der Waals surface area contributed by atoms with Gasteiger partial charge < -0.3 is 0 Å². The van der Waals surface area contributed by atoms with Gasteiger partial charge in [0.2, 0.25) is 0 Å². The lowest BCUT2D eigenvalue weighted by Gasteiger charge is -2.16. The molecule has 0 amide bonds. The third-order valence-electron chi connectivity index (χ3n) is 1.27. The summed E-state index contributed by atoms with van der Waals surface area (Å²) in [6.07, 6.45) is -3.59. The van der Waals surface area contributed by atoms with Gasteiger partial charge in [0, 0.05) is 6.04 Å². The molecule has 6 heteroatoms. The van der Waals surface area contributed by atoms with Crippen molar-refractivity contribution in [2.45, 2.75) is 26.1 Å². The summed E-state index contributed by atoms with van der Waals surface area (Å²) in [7, 11) is 0. The van der Waals surface area contributed by atoms with Gasteiger partial charge in [-0.3, -0.25) is 5.01 Å². The molecule has 0 heterocycles. The van der Waals surface area contributed by atoms with Gasteiger partial charge in [-0.25, -0.2) is 10.8 Å². The van der Waals surface area contributed by atoms with Gasteiger partial charge in [-0.2, -0.15) is 13.2 Å². The summed E-state index contributed by atoms with van der Waals surface area (Å²) in [4.78, 5) is 3.07. The lowest BCUT2D eigenvalue weighted by atomic mass is 10.4. The normalized spacial score (nSPS) is 12.5. The smallest absolute Gasteiger partial charge is 0.298 e. The van der Waals surface area contributed by atoms with Crippen LogP contribution in [0.25, 0.3) is 0 Å². The molecule has 0 aliphatic rings. The molecule has 0 aromatic carbocycles. The first-order chi connectivity index (χ1) is 5.75. The number of rotatable bonds is 3. The first-order valence-corrected chi connectivity index (χ1v) is 3.58. The van der Waals surface area contributed by atoms with E-state index in [1.807, 2.05) is 0 Å². The molecule has 0 aromatic heterocycles. The minimum absolute atomic E-state index is 0.107. The maximum Gasteiger partial charge on any atom is 0.432 e. The van der Waals surface area contributed by atoms with E-state index in [0.29, 0.717) is 0 Å². The predicted molar refractivity (Wildman–Crippen MR) is 44.8 cm³/mol. The third kappa shape index (κ3) is 4.51. The number of hydrazine groups is 1. The fraction of sp³-hybridized carbons (Fsp3) is 0.571. The number of aliphatic imine (C=N–C) groups is 1. The largest absolute Gasteiger partial charge is 0.432 e. The Bertz CT molecular complexity index is 208. The molecular weight excluding hydrogens is 183 g/mol. The minimum Gasteiger partial charge on any atom is -0.298 e. The molecule has 0 atom stereocenters. The highest BCUT2D eigenvalue weighted by molar-refractivity contribution is 5.56. The van der Waals surface area contributed by atoms with Gasteiger partial charge in [-0.1, -0.05) is 6.58 Å². The van der Waals surface area contributed by atoms with E-state index in [9.17, 15) is 13.2 Å². The number of hydrogen-bond donors (Lipinski definition) is 1. The Labute approximate surface area is 74.7 Å². The highest BCUT2D eigenvalue weighted by Crippen LogP contribution is 2.24. The Balaban J connectivity index is 4.21. The Kier molecular flexibility index (Phi) is 3.93. The zero-order valence-corrected chi connectivity index (χ0v) is 7.47. The summed E-state index contributed by atoms with van der Waals surface area (Å²) in [6, 6.07) is -0.107. The van der Waals surface area contributed by atoms with Gasteiger partial charge in [0.05, 0.1) is 0 Å². The summed E-state index contributed by atoms with van der Waals surface area (Å²) < 4.78 is 35.5. The Morgan fingerprint density at radius 2 is 2.00 bits per heavy atom. The fourth-order valence-electron chi connectivity index (χ4n) is 0.343. The maximum absolute atomic E-state index is 11.8. The molecule has 3 nitrogen and oxygen atoms in total. The first-order valence-electron chi connectivity index (χ1n) is 3.58. The van der Waals surface area contributed by atoms with E-state index >= 15 is 0 Å². The second-order valence-corrected chi connectivity index (χ2v) is 2.73. The molecule has 76 valence electrons. The maximum atomic E-state index is 11.8. The van der Waals surface area contributed by atoms with E-state index in [1.165, 1.54) is 0 Å². The SMILES string of the molecule is C=C(N=CN(N)C(C)C)C(F)(F)F. The molecule has 0 aliphatic heterocycles. The molecule has 2 N–H and O–H groups in total. The summed E-state index contributed by atoms with van der Waals surface area (Å²) >= 11 is 0. The summed E-state index contributed by atoms with van der Waals surface area (Å²) in [6.45, 7) is 6.20. The zero-order valence-electron chi connectivity index (χ0n) is 7.47. The average Bonchev–Trinajstić information content (AvgIpc) is 1.97. The van der Waals surface area contributed by atoms with Crippen LogP contribution in [-0.2, 0) is 0 Å². The fourth-order valence-corrected chi connectivity index (χ4v) is 0.343. The van der Waals surface area contributed by atoms with Crippen LogP contribution in [0, 0.1) is 0 Å².